The zero-order valence-electron chi connectivity index (χ0n) is 11.5. The molecule has 0 radical (unpaired) electrons. The number of carbonyl (C=O) groups is 1. The third-order valence-corrected chi connectivity index (χ3v) is 4.22. The van der Waals surface area contributed by atoms with Crippen LogP contribution in [0.2, 0.25) is 0 Å². The van der Waals surface area contributed by atoms with Gasteiger partial charge in [0.05, 0.1) is 6.07 Å². The van der Waals surface area contributed by atoms with Gasteiger partial charge in [-0.05, 0) is 36.8 Å². The number of ketones is 1. The number of hydrogen-bond acceptors (Lipinski definition) is 3. The molecule has 0 bridgehead atoms. The van der Waals surface area contributed by atoms with Crippen molar-refractivity contribution in [3.05, 3.63) is 57.8 Å². The number of nitriles is 1. The van der Waals surface area contributed by atoms with Gasteiger partial charge >= 0.3 is 0 Å². The van der Waals surface area contributed by atoms with E-state index in [9.17, 15) is 10.1 Å². The molecular formula is C17H17NOS. The monoisotopic (exact) mass is 283 g/mol. The lowest BCUT2D eigenvalue weighted by atomic mass is 9.92. The second kappa shape index (κ2) is 7.02. The minimum atomic E-state index is -0.626. The third kappa shape index (κ3) is 3.79. The van der Waals surface area contributed by atoms with Crippen molar-refractivity contribution in [3.63, 3.8) is 0 Å². The van der Waals surface area contributed by atoms with Crippen LogP contribution in [0.1, 0.15) is 34.8 Å². The van der Waals surface area contributed by atoms with Gasteiger partial charge in [-0.3, -0.25) is 4.79 Å². The quantitative estimate of drug-likeness (QED) is 0.795. The van der Waals surface area contributed by atoms with Crippen LogP contribution >= 0.6 is 11.3 Å². The fourth-order valence-corrected chi connectivity index (χ4v) is 2.88. The topological polar surface area (TPSA) is 40.9 Å². The van der Waals surface area contributed by atoms with E-state index in [2.05, 4.69) is 12.1 Å². The van der Waals surface area contributed by atoms with Gasteiger partial charge in [0.1, 0.15) is 5.92 Å². The minimum Gasteiger partial charge on any atom is -0.298 e. The first-order valence-electron chi connectivity index (χ1n) is 6.72. The van der Waals surface area contributed by atoms with E-state index in [1.165, 1.54) is 4.88 Å². The molecule has 1 aromatic heterocycles. The van der Waals surface area contributed by atoms with Crippen LogP contribution in [0, 0.1) is 18.3 Å². The number of rotatable bonds is 6. The summed E-state index contributed by atoms with van der Waals surface area (Å²) in [5.41, 5.74) is 1.94. The standard InChI is InChI=1S/C17H17NOS/c1-13-7-9-14(10-8-13)16(12-18)17(19)6-2-4-15-5-3-11-20-15/h3,5,7-11,16H,2,4,6H2,1H3. The van der Waals surface area contributed by atoms with Gasteiger partial charge in [-0.1, -0.05) is 35.9 Å². The van der Waals surface area contributed by atoms with Crippen molar-refractivity contribution in [3.8, 4) is 6.07 Å². The lowest BCUT2D eigenvalue weighted by molar-refractivity contribution is -0.119. The maximum atomic E-state index is 12.2. The van der Waals surface area contributed by atoms with Gasteiger partial charge in [-0.2, -0.15) is 5.26 Å². The van der Waals surface area contributed by atoms with Gasteiger partial charge in [0.2, 0.25) is 0 Å². The average molecular weight is 283 g/mol. The maximum Gasteiger partial charge on any atom is 0.154 e. The van der Waals surface area contributed by atoms with Crippen molar-refractivity contribution in [1.29, 1.82) is 5.26 Å². The molecule has 0 aliphatic carbocycles. The van der Waals surface area contributed by atoms with Crippen LogP contribution < -0.4 is 0 Å². The first-order chi connectivity index (χ1) is 9.70. The Morgan fingerprint density at radius 3 is 2.65 bits per heavy atom. The molecular weight excluding hydrogens is 266 g/mol. The molecule has 2 rings (SSSR count). The first-order valence-corrected chi connectivity index (χ1v) is 7.60. The lowest BCUT2D eigenvalue weighted by Gasteiger charge is -2.08. The summed E-state index contributed by atoms with van der Waals surface area (Å²) in [6.45, 7) is 1.99. The molecule has 1 aromatic carbocycles. The van der Waals surface area contributed by atoms with Crippen molar-refractivity contribution < 1.29 is 4.79 Å². The fourth-order valence-electron chi connectivity index (χ4n) is 2.13. The number of hydrogen-bond donors (Lipinski definition) is 0. The van der Waals surface area contributed by atoms with Crippen molar-refractivity contribution in [1.82, 2.24) is 0 Å². The highest BCUT2D eigenvalue weighted by molar-refractivity contribution is 7.09. The SMILES string of the molecule is Cc1ccc(C(C#N)C(=O)CCCc2cccs2)cc1. The van der Waals surface area contributed by atoms with Gasteiger partial charge in [-0.15, -0.1) is 11.3 Å². The van der Waals surface area contributed by atoms with Crippen molar-refractivity contribution in [2.45, 2.75) is 32.1 Å². The van der Waals surface area contributed by atoms with E-state index < -0.39 is 5.92 Å². The van der Waals surface area contributed by atoms with E-state index >= 15 is 0 Å². The molecule has 0 amide bonds. The molecule has 102 valence electrons. The normalized spacial score (nSPS) is 11.8. The summed E-state index contributed by atoms with van der Waals surface area (Å²) >= 11 is 1.71. The molecule has 1 atom stereocenters. The molecule has 0 spiro atoms. The summed E-state index contributed by atoms with van der Waals surface area (Å²) in [6, 6.07) is 13.9. The zero-order chi connectivity index (χ0) is 14.4. The first kappa shape index (κ1) is 14.5. The molecule has 20 heavy (non-hydrogen) atoms. The Labute approximate surface area is 123 Å². The van der Waals surface area contributed by atoms with Crippen molar-refractivity contribution in [2.24, 2.45) is 0 Å². The molecule has 2 nitrogen and oxygen atoms in total. The summed E-state index contributed by atoms with van der Waals surface area (Å²) in [5.74, 6) is -0.605. The van der Waals surface area contributed by atoms with E-state index in [1.54, 1.807) is 11.3 Å². The van der Waals surface area contributed by atoms with Gasteiger partial charge in [-0.25, -0.2) is 0 Å². The largest absolute Gasteiger partial charge is 0.298 e. The highest BCUT2D eigenvalue weighted by Crippen LogP contribution is 2.20. The molecule has 0 saturated heterocycles. The van der Waals surface area contributed by atoms with Gasteiger partial charge in [0.15, 0.2) is 5.78 Å². The van der Waals surface area contributed by atoms with Crippen LogP contribution in [0.3, 0.4) is 0 Å². The number of Topliss-reactive ketones (excluding diaryl/α,β-unsaturated/α-hetero) is 1. The Hall–Kier alpha value is -1.92. The molecule has 0 aliphatic heterocycles. The number of benzene rings is 1. The van der Waals surface area contributed by atoms with E-state index in [-0.39, 0.29) is 5.78 Å². The molecule has 0 aliphatic rings. The predicted octanol–water partition coefficient (Wildman–Crippen LogP) is 4.26. The summed E-state index contributed by atoms with van der Waals surface area (Å²) < 4.78 is 0. The van der Waals surface area contributed by atoms with Crippen LogP contribution in [0.4, 0.5) is 0 Å². The second-order valence-electron chi connectivity index (χ2n) is 4.87. The summed E-state index contributed by atoms with van der Waals surface area (Å²) in [5, 5.41) is 11.3. The minimum absolute atomic E-state index is 0.0212. The van der Waals surface area contributed by atoms with Crippen LogP contribution in [-0.2, 0) is 11.2 Å². The highest BCUT2D eigenvalue weighted by Gasteiger charge is 2.19. The van der Waals surface area contributed by atoms with Gasteiger partial charge in [0, 0.05) is 11.3 Å². The van der Waals surface area contributed by atoms with E-state index in [4.69, 9.17) is 0 Å². The van der Waals surface area contributed by atoms with Crippen molar-refractivity contribution in [2.75, 3.05) is 0 Å². The molecule has 3 heteroatoms. The Balaban J connectivity index is 1.92. The fraction of sp³-hybridized carbons (Fsp3) is 0.294. The number of thiophene rings is 1. The smallest absolute Gasteiger partial charge is 0.154 e. The molecule has 1 heterocycles. The van der Waals surface area contributed by atoms with E-state index in [0.717, 1.165) is 24.0 Å². The van der Waals surface area contributed by atoms with Crippen LogP contribution in [0.25, 0.3) is 0 Å². The van der Waals surface area contributed by atoms with Crippen LogP contribution in [0.5, 0.6) is 0 Å². The lowest BCUT2D eigenvalue weighted by Crippen LogP contribution is -2.11. The van der Waals surface area contributed by atoms with Gasteiger partial charge < -0.3 is 0 Å². The van der Waals surface area contributed by atoms with Crippen molar-refractivity contribution >= 4 is 17.1 Å². The Bertz CT molecular complexity index is 593. The molecule has 0 N–H and O–H groups in total. The highest BCUT2D eigenvalue weighted by atomic mass is 32.1. The Morgan fingerprint density at radius 1 is 1.30 bits per heavy atom. The molecule has 0 saturated carbocycles. The number of nitrogens with zero attached hydrogens (tertiary/aromatic N) is 1. The summed E-state index contributed by atoms with van der Waals surface area (Å²) in [7, 11) is 0. The molecule has 1 unspecified atom stereocenters. The van der Waals surface area contributed by atoms with Crippen LogP contribution in [-0.4, -0.2) is 5.78 Å². The molecule has 2 aromatic rings. The third-order valence-electron chi connectivity index (χ3n) is 3.29. The predicted molar refractivity (Wildman–Crippen MR) is 81.8 cm³/mol. The number of carbonyl (C=O) groups excluding carboxylic acids is 1. The second-order valence-corrected chi connectivity index (χ2v) is 5.90. The summed E-state index contributed by atoms with van der Waals surface area (Å²) in [6.07, 6.45) is 2.18. The van der Waals surface area contributed by atoms with E-state index in [1.807, 2.05) is 42.6 Å². The summed E-state index contributed by atoms with van der Waals surface area (Å²) in [4.78, 5) is 13.5. The number of aryl methyl sites for hydroxylation is 2. The van der Waals surface area contributed by atoms with Gasteiger partial charge in [0.25, 0.3) is 0 Å². The van der Waals surface area contributed by atoms with Crippen LogP contribution in [0.15, 0.2) is 41.8 Å². The maximum absolute atomic E-state index is 12.2. The average Bonchev–Trinajstić information content (AvgIpc) is 2.95. The Morgan fingerprint density at radius 2 is 2.05 bits per heavy atom. The zero-order valence-corrected chi connectivity index (χ0v) is 12.3. The Kier molecular flexibility index (Phi) is 5.09. The van der Waals surface area contributed by atoms with E-state index in [0.29, 0.717) is 6.42 Å². The molecule has 0 fully saturated rings.